The van der Waals surface area contributed by atoms with Crippen molar-refractivity contribution in [3.8, 4) is 0 Å². The van der Waals surface area contributed by atoms with E-state index in [2.05, 4.69) is 0 Å². The average Bonchev–Trinajstić information content (AvgIpc) is 3.21. The Balaban J connectivity index is 1.93. The van der Waals surface area contributed by atoms with Gasteiger partial charge in [-0.3, -0.25) is 0 Å². The maximum Gasteiger partial charge on any atom is 0.243 e. The van der Waals surface area contributed by atoms with Crippen LogP contribution < -0.4 is 0 Å². The lowest BCUT2D eigenvalue weighted by Gasteiger charge is -2.20. The van der Waals surface area contributed by atoms with Gasteiger partial charge in [0.2, 0.25) is 10.0 Å². The highest BCUT2D eigenvalue weighted by Gasteiger charge is 2.25. The zero-order valence-electron chi connectivity index (χ0n) is 11.8. The molecule has 0 atom stereocenters. The molecule has 0 aliphatic carbocycles. The first-order valence-electron chi connectivity index (χ1n) is 6.76. The molecule has 0 radical (unpaired) electrons. The summed E-state index contributed by atoms with van der Waals surface area (Å²) in [6.45, 7) is 0.539. The third-order valence-electron chi connectivity index (χ3n) is 3.21. The molecule has 4 nitrogen and oxygen atoms in total. The Morgan fingerprint density at radius 1 is 0.955 bits per heavy atom. The minimum absolute atomic E-state index is 0.210. The van der Waals surface area contributed by atoms with E-state index in [4.69, 9.17) is 4.42 Å². The molecule has 1 aromatic carbocycles. The number of nitrogens with zero attached hydrogens (tertiary/aromatic N) is 1. The Morgan fingerprint density at radius 2 is 1.77 bits per heavy atom. The van der Waals surface area contributed by atoms with E-state index in [1.165, 1.54) is 15.6 Å². The smallest absolute Gasteiger partial charge is 0.243 e. The molecule has 3 aromatic rings. The third kappa shape index (κ3) is 3.30. The van der Waals surface area contributed by atoms with Gasteiger partial charge in [0.1, 0.15) is 5.76 Å². The molecule has 0 fully saturated rings. The van der Waals surface area contributed by atoms with Crippen molar-refractivity contribution in [1.82, 2.24) is 4.31 Å². The lowest BCUT2D eigenvalue weighted by molar-refractivity contribution is 0.360. The average molecular weight is 333 g/mol. The number of hydrogen-bond donors (Lipinski definition) is 0. The van der Waals surface area contributed by atoms with E-state index in [0.29, 0.717) is 12.3 Å². The molecule has 2 aromatic heterocycles. The predicted octanol–water partition coefficient (Wildman–Crippen LogP) is 3.73. The highest BCUT2D eigenvalue weighted by molar-refractivity contribution is 7.89. The van der Waals surface area contributed by atoms with Gasteiger partial charge in [-0.15, -0.1) is 11.3 Å². The molecule has 0 saturated carbocycles. The van der Waals surface area contributed by atoms with Crippen molar-refractivity contribution in [2.45, 2.75) is 18.0 Å². The van der Waals surface area contributed by atoms with Crippen LogP contribution in [0.5, 0.6) is 0 Å². The molecule has 22 heavy (non-hydrogen) atoms. The second-order valence-electron chi connectivity index (χ2n) is 4.74. The van der Waals surface area contributed by atoms with E-state index in [-0.39, 0.29) is 11.4 Å². The molecule has 0 spiro atoms. The minimum atomic E-state index is -3.57. The molecule has 0 unspecified atom stereocenters. The molecule has 0 aliphatic rings. The van der Waals surface area contributed by atoms with E-state index < -0.39 is 10.0 Å². The number of rotatable bonds is 6. The number of furan rings is 1. The summed E-state index contributed by atoms with van der Waals surface area (Å²) in [5.41, 5.74) is 0. The van der Waals surface area contributed by atoms with Crippen molar-refractivity contribution in [1.29, 1.82) is 0 Å². The summed E-state index contributed by atoms with van der Waals surface area (Å²) < 4.78 is 32.5. The van der Waals surface area contributed by atoms with Crippen molar-refractivity contribution in [3.63, 3.8) is 0 Å². The number of benzene rings is 1. The normalized spacial score (nSPS) is 11.9. The van der Waals surface area contributed by atoms with Crippen LogP contribution >= 0.6 is 11.3 Å². The molecule has 0 aliphatic heterocycles. The van der Waals surface area contributed by atoms with Crippen LogP contribution in [0, 0.1) is 0 Å². The molecule has 0 N–H and O–H groups in total. The molecular formula is C16H15NO3S2. The summed E-state index contributed by atoms with van der Waals surface area (Å²) in [7, 11) is -3.57. The SMILES string of the molecule is O=S(=O)(c1ccccc1)N(Cc1ccco1)Cc1cccs1. The van der Waals surface area contributed by atoms with Crippen LogP contribution in [0.1, 0.15) is 10.6 Å². The standard InChI is InChI=1S/C16H15NO3S2/c18-22(19,16-8-2-1-3-9-16)17(12-14-6-4-10-20-14)13-15-7-5-11-21-15/h1-11H,12-13H2. The maximum atomic E-state index is 12.9. The van der Waals surface area contributed by atoms with Crippen LogP contribution in [0.4, 0.5) is 0 Å². The third-order valence-corrected chi connectivity index (χ3v) is 5.87. The first-order valence-corrected chi connectivity index (χ1v) is 9.08. The first kappa shape index (κ1) is 15.0. The van der Waals surface area contributed by atoms with Gasteiger partial charge in [0.25, 0.3) is 0 Å². The summed E-state index contributed by atoms with van der Waals surface area (Å²) in [5, 5.41) is 1.94. The van der Waals surface area contributed by atoms with Gasteiger partial charge in [-0.05, 0) is 35.7 Å². The van der Waals surface area contributed by atoms with Crippen molar-refractivity contribution in [2.24, 2.45) is 0 Å². The van der Waals surface area contributed by atoms with Crippen molar-refractivity contribution in [3.05, 3.63) is 76.9 Å². The summed E-state index contributed by atoms with van der Waals surface area (Å²) >= 11 is 1.54. The van der Waals surface area contributed by atoms with Crippen LogP contribution in [0.15, 0.2) is 75.6 Å². The van der Waals surface area contributed by atoms with Crippen molar-refractivity contribution >= 4 is 21.4 Å². The highest BCUT2D eigenvalue weighted by Crippen LogP contribution is 2.22. The first-order chi connectivity index (χ1) is 10.7. The summed E-state index contributed by atoms with van der Waals surface area (Å²) in [4.78, 5) is 1.28. The summed E-state index contributed by atoms with van der Waals surface area (Å²) in [6, 6.07) is 15.9. The fraction of sp³-hybridized carbons (Fsp3) is 0.125. The quantitative estimate of drug-likeness (QED) is 0.690. The van der Waals surface area contributed by atoms with Gasteiger partial charge in [0.15, 0.2) is 0 Å². The van der Waals surface area contributed by atoms with Crippen LogP contribution in [-0.2, 0) is 23.1 Å². The van der Waals surface area contributed by atoms with Crippen LogP contribution in [0.25, 0.3) is 0 Å². The van der Waals surface area contributed by atoms with Gasteiger partial charge in [0, 0.05) is 11.4 Å². The lowest BCUT2D eigenvalue weighted by atomic mass is 10.4. The molecule has 3 rings (SSSR count). The van der Waals surface area contributed by atoms with Crippen LogP contribution in [0.2, 0.25) is 0 Å². The molecular weight excluding hydrogens is 318 g/mol. The molecule has 114 valence electrons. The van der Waals surface area contributed by atoms with Gasteiger partial charge in [-0.1, -0.05) is 24.3 Å². The van der Waals surface area contributed by atoms with E-state index in [0.717, 1.165) is 4.88 Å². The topological polar surface area (TPSA) is 50.5 Å². The number of hydrogen-bond acceptors (Lipinski definition) is 4. The van der Waals surface area contributed by atoms with Gasteiger partial charge in [-0.25, -0.2) is 8.42 Å². The van der Waals surface area contributed by atoms with Gasteiger partial charge < -0.3 is 4.42 Å². The van der Waals surface area contributed by atoms with E-state index >= 15 is 0 Å². The Hall–Kier alpha value is -1.89. The van der Waals surface area contributed by atoms with Gasteiger partial charge in [-0.2, -0.15) is 4.31 Å². The largest absolute Gasteiger partial charge is 0.468 e. The van der Waals surface area contributed by atoms with Crippen LogP contribution in [0.3, 0.4) is 0 Å². The van der Waals surface area contributed by atoms with E-state index in [1.807, 2.05) is 17.5 Å². The molecule has 0 amide bonds. The Kier molecular flexibility index (Phi) is 4.42. The van der Waals surface area contributed by atoms with Crippen molar-refractivity contribution < 1.29 is 12.8 Å². The predicted molar refractivity (Wildman–Crippen MR) is 85.9 cm³/mol. The summed E-state index contributed by atoms with van der Waals surface area (Å²) in [5.74, 6) is 0.621. The molecule has 0 saturated heterocycles. The monoisotopic (exact) mass is 333 g/mol. The Bertz CT molecular complexity index is 758. The second kappa shape index (κ2) is 6.48. The summed E-state index contributed by atoms with van der Waals surface area (Å²) in [6.07, 6.45) is 1.55. The lowest BCUT2D eigenvalue weighted by Crippen LogP contribution is -2.29. The fourth-order valence-corrected chi connectivity index (χ4v) is 4.33. The number of thiophene rings is 1. The number of sulfonamides is 1. The molecule has 0 bridgehead atoms. The Morgan fingerprint density at radius 3 is 2.41 bits per heavy atom. The highest BCUT2D eigenvalue weighted by atomic mass is 32.2. The maximum absolute atomic E-state index is 12.9. The molecule has 6 heteroatoms. The van der Waals surface area contributed by atoms with Gasteiger partial charge >= 0.3 is 0 Å². The molecule has 2 heterocycles. The fourth-order valence-electron chi connectivity index (χ4n) is 2.12. The Labute approximate surface area is 133 Å². The zero-order chi connectivity index (χ0) is 15.4. The van der Waals surface area contributed by atoms with E-state index in [9.17, 15) is 8.42 Å². The van der Waals surface area contributed by atoms with E-state index in [1.54, 1.807) is 48.7 Å². The minimum Gasteiger partial charge on any atom is -0.468 e. The van der Waals surface area contributed by atoms with Gasteiger partial charge in [0.05, 0.1) is 17.7 Å². The zero-order valence-corrected chi connectivity index (χ0v) is 13.4. The van der Waals surface area contributed by atoms with Crippen molar-refractivity contribution in [2.75, 3.05) is 0 Å². The second-order valence-corrected chi connectivity index (χ2v) is 7.72. The van der Waals surface area contributed by atoms with Crippen LogP contribution in [-0.4, -0.2) is 12.7 Å².